The fourth-order valence-corrected chi connectivity index (χ4v) is 1.39. The van der Waals surface area contributed by atoms with E-state index < -0.39 is 0 Å². The Labute approximate surface area is 80.6 Å². The Kier molecular flexibility index (Phi) is 1.94. The average Bonchev–Trinajstić information content (AvgIpc) is 2.53. The number of halogens is 1. The van der Waals surface area contributed by atoms with Crippen molar-refractivity contribution in [2.45, 2.75) is 0 Å². The molecule has 0 aliphatic heterocycles. The average molecular weight is 194 g/mol. The maximum absolute atomic E-state index is 5.98. The van der Waals surface area contributed by atoms with Gasteiger partial charge < -0.3 is 10.7 Å². The molecule has 2 aromatic rings. The van der Waals surface area contributed by atoms with Crippen LogP contribution in [0.15, 0.2) is 30.5 Å². The zero-order valence-corrected chi connectivity index (χ0v) is 7.55. The zero-order valence-electron chi connectivity index (χ0n) is 6.79. The Morgan fingerprint density at radius 2 is 2.08 bits per heavy atom. The van der Waals surface area contributed by atoms with Crippen LogP contribution in [0.5, 0.6) is 0 Å². The third kappa shape index (κ3) is 1.51. The van der Waals surface area contributed by atoms with E-state index >= 15 is 0 Å². The van der Waals surface area contributed by atoms with Crippen LogP contribution in [0.4, 0.5) is 5.95 Å². The highest BCUT2D eigenvalue weighted by Crippen LogP contribution is 2.25. The van der Waals surface area contributed by atoms with Gasteiger partial charge in [0.15, 0.2) is 5.95 Å². The first-order chi connectivity index (χ1) is 6.27. The number of nitrogens with two attached hydrogens (primary N) is 1. The van der Waals surface area contributed by atoms with Gasteiger partial charge in [0.1, 0.15) is 0 Å². The number of imidazole rings is 1. The van der Waals surface area contributed by atoms with Crippen LogP contribution in [0, 0.1) is 0 Å². The van der Waals surface area contributed by atoms with Crippen molar-refractivity contribution in [2.75, 3.05) is 5.73 Å². The summed E-state index contributed by atoms with van der Waals surface area (Å²) in [6.07, 6.45) is 1.66. The fourth-order valence-electron chi connectivity index (χ4n) is 1.15. The molecule has 3 N–H and O–H groups in total. The zero-order chi connectivity index (χ0) is 9.26. The summed E-state index contributed by atoms with van der Waals surface area (Å²) < 4.78 is 0. The van der Waals surface area contributed by atoms with Crippen LogP contribution in [0.1, 0.15) is 0 Å². The molecule has 0 aliphatic rings. The van der Waals surface area contributed by atoms with Crippen molar-refractivity contribution in [3.8, 4) is 11.3 Å². The second kappa shape index (κ2) is 3.11. The smallest absolute Gasteiger partial charge is 0.197 e. The van der Waals surface area contributed by atoms with Crippen molar-refractivity contribution in [1.29, 1.82) is 0 Å². The van der Waals surface area contributed by atoms with Crippen LogP contribution >= 0.6 is 11.6 Å². The highest BCUT2D eigenvalue weighted by atomic mass is 35.5. The third-order valence-electron chi connectivity index (χ3n) is 1.76. The van der Waals surface area contributed by atoms with E-state index in [0.717, 1.165) is 11.3 Å². The quantitative estimate of drug-likeness (QED) is 0.730. The van der Waals surface area contributed by atoms with Gasteiger partial charge in [0, 0.05) is 10.6 Å². The Morgan fingerprint density at radius 3 is 2.69 bits per heavy atom. The van der Waals surface area contributed by atoms with Crippen molar-refractivity contribution in [3.63, 3.8) is 0 Å². The molecule has 0 spiro atoms. The minimum atomic E-state index is 0.398. The van der Waals surface area contributed by atoms with Gasteiger partial charge in [-0.15, -0.1) is 0 Å². The molecule has 0 unspecified atom stereocenters. The van der Waals surface area contributed by atoms with Gasteiger partial charge in [-0.2, -0.15) is 0 Å². The summed E-state index contributed by atoms with van der Waals surface area (Å²) in [6, 6.07) is 7.53. The first-order valence-electron chi connectivity index (χ1n) is 3.83. The van der Waals surface area contributed by atoms with Crippen molar-refractivity contribution < 1.29 is 0 Å². The summed E-state index contributed by atoms with van der Waals surface area (Å²) in [4.78, 5) is 6.81. The first kappa shape index (κ1) is 8.13. The summed E-state index contributed by atoms with van der Waals surface area (Å²) in [5.41, 5.74) is 7.20. The molecule has 1 aromatic carbocycles. The van der Waals surface area contributed by atoms with E-state index in [4.69, 9.17) is 17.3 Å². The minimum Gasteiger partial charge on any atom is -0.369 e. The van der Waals surface area contributed by atoms with Crippen molar-refractivity contribution in [2.24, 2.45) is 0 Å². The van der Waals surface area contributed by atoms with Gasteiger partial charge in [-0.3, -0.25) is 0 Å². The third-order valence-corrected chi connectivity index (χ3v) is 2.09. The Morgan fingerprint density at radius 1 is 1.31 bits per heavy atom. The first-order valence-corrected chi connectivity index (χ1v) is 4.20. The molecule has 1 aromatic heterocycles. The molecule has 66 valence electrons. The Bertz CT molecular complexity index is 422. The number of benzene rings is 1. The number of nitrogen functional groups attached to an aromatic ring is 1. The predicted octanol–water partition coefficient (Wildman–Crippen LogP) is 2.31. The molecular formula is C9H8ClN3. The second-order valence-electron chi connectivity index (χ2n) is 2.66. The minimum absolute atomic E-state index is 0.398. The number of aromatic nitrogens is 2. The standard InChI is InChI=1S/C9H8ClN3/c10-7-4-2-1-3-6(7)8-5-12-9(11)13-8/h1-5H,(H3,11,12,13). The number of aromatic amines is 1. The van der Waals surface area contributed by atoms with Crippen LogP contribution in [-0.4, -0.2) is 9.97 Å². The van der Waals surface area contributed by atoms with Gasteiger partial charge in [-0.1, -0.05) is 29.8 Å². The molecule has 0 saturated carbocycles. The molecule has 0 saturated heterocycles. The lowest BCUT2D eigenvalue weighted by Crippen LogP contribution is -1.85. The van der Waals surface area contributed by atoms with E-state index in [1.165, 1.54) is 0 Å². The summed E-state index contributed by atoms with van der Waals surface area (Å²) in [5, 5.41) is 0.686. The lowest BCUT2D eigenvalue weighted by molar-refractivity contribution is 1.33. The van der Waals surface area contributed by atoms with Crippen molar-refractivity contribution >= 4 is 17.5 Å². The summed E-state index contributed by atoms with van der Waals surface area (Å²) in [7, 11) is 0. The van der Waals surface area contributed by atoms with E-state index in [9.17, 15) is 0 Å². The molecule has 0 atom stereocenters. The van der Waals surface area contributed by atoms with E-state index in [1.807, 2.05) is 24.3 Å². The SMILES string of the molecule is Nc1ncc(-c2ccccc2Cl)[nH]1. The summed E-state index contributed by atoms with van der Waals surface area (Å²) in [6.45, 7) is 0. The lowest BCUT2D eigenvalue weighted by Gasteiger charge is -1.98. The molecule has 13 heavy (non-hydrogen) atoms. The Hall–Kier alpha value is -1.48. The van der Waals surface area contributed by atoms with Crippen molar-refractivity contribution in [1.82, 2.24) is 9.97 Å². The molecule has 0 fully saturated rings. The number of nitrogens with zero attached hydrogens (tertiary/aromatic N) is 1. The van der Waals surface area contributed by atoms with Gasteiger partial charge in [-0.25, -0.2) is 4.98 Å². The van der Waals surface area contributed by atoms with Gasteiger partial charge in [0.05, 0.1) is 11.9 Å². The molecule has 4 heteroatoms. The van der Waals surface area contributed by atoms with Gasteiger partial charge >= 0.3 is 0 Å². The summed E-state index contributed by atoms with van der Waals surface area (Å²) >= 11 is 5.98. The molecule has 2 rings (SSSR count). The van der Waals surface area contributed by atoms with E-state index in [2.05, 4.69) is 9.97 Å². The van der Waals surface area contributed by atoms with Crippen LogP contribution in [0.25, 0.3) is 11.3 Å². The number of anilines is 1. The molecule has 0 bridgehead atoms. The molecule has 0 radical (unpaired) electrons. The molecule has 3 nitrogen and oxygen atoms in total. The van der Waals surface area contributed by atoms with Gasteiger partial charge in [0.2, 0.25) is 0 Å². The maximum Gasteiger partial charge on any atom is 0.197 e. The van der Waals surface area contributed by atoms with Crippen LogP contribution in [0.2, 0.25) is 5.02 Å². The predicted molar refractivity (Wildman–Crippen MR) is 53.4 cm³/mol. The summed E-state index contributed by atoms with van der Waals surface area (Å²) in [5.74, 6) is 0.398. The number of rotatable bonds is 1. The van der Waals surface area contributed by atoms with Gasteiger partial charge in [-0.05, 0) is 6.07 Å². The van der Waals surface area contributed by atoms with E-state index in [-0.39, 0.29) is 0 Å². The number of hydrogen-bond donors (Lipinski definition) is 2. The molecule has 1 heterocycles. The molecular weight excluding hydrogens is 186 g/mol. The number of nitrogens with one attached hydrogen (secondary N) is 1. The molecule has 0 amide bonds. The normalized spacial score (nSPS) is 10.2. The number of hydrogen-bond acceptors (Lipinski definition) is 2. The van der Waals surface area contributed by atoms with Crippen LogP contribution in [0.3, 0.4) is 0 Å². The lowest BCUT2D eigenvalue weighted by atomic mass is 10.2. The van der Waals surface area contributed by atoms with Gasteiger partial charge in [0.25, 0.3) is 0 Å². The monoisotopic (exact) mass is 193 g/mol. The maximum atomic E-state index is 5.98. The topological polar surface area (TPSA) is 54.7 Å². The van der Waals surface area contributed by atoms with Crippen LogP contribution in [-0.2, 0) is 0 Å². The highest BCUT2D eigenvalue weighted by molar-refractivity contribution is 6.33. The highest BCUT2D eigenvalue weighted by Gasteiger charge is 2.03. The fraction of sp³-hybridized carbons (Fsp3) is 0. The van der Waals surface area contributed by atoms with E-state index in [0.29, 0.717) is 11.0 Å². The Balaban J connectivity index is 2.52. The second-order valence-corrected chi connectivity index (χ2v) is 3.07. The number of H-pyrrole nitrogens is 1. The van der Waals surface area contributed by atoms with Crippen molar-refractivity contribution in [3.05, 3.63) is 35.5 Å². The van der Waals surface area contributed by atoms with E-state index in [1.54, 1.807) is 6.20 Å². The largest absolute Gasteiger partial charge is 0.369 e. The van der Waals surface area contributed by atoms with Crippen LogP contribution < -0.4 is 5.73 Å². The molecule has 0 aliphatic carbocycles.